The summed E-state index contributed by atoms with van der Waals surface area (Å²) in [5, 5.41) is 0. The van der Waals surface area contributed by atoms with E-state index in [1.54, 1.807) is 42.2 Å². The molecular weight excluding hydrogens is 218 g/mol. The zero-order chi connectivity index (χ0) is 12.3. The average Bonchev–Trinajstić information content (AvgIpc) is 2.76. The highest BCUT2D eigenvalue weighted by Crippen LogP contribution is 2.14. The van der Waals surface area contributed by atoms with Gasteiger partial charge < -0.3 is 4.74 Å². The molecule has 0 unspecified atom stereocenters. The number of carbonyl (C=O) groups excluding carboxylic acids is 1. The summed E-state index contributed by atoms with van der Waals surface area (Å²) in [6, 6.07) is 3.40. The molecule has 5 heteroatoms. The van der Waals surface area contributed by atoms with E-state index in [0.29, 0.717) is 18.0 Å². The zero-order valence-electron chi connectivity index (χ0n) is 9.75. The van der Waals surface area contributed by atoms with E-state index in [4.69, 9.17) is 4.74 Å². The number of aryl methyl sites for hydroxylation is 1. The molecule has 2 rings (SSSR count). The molecule has 17 heavy (non-hydrogen) atoms. The Morgan fingerprint density at radius 2 is 2.24 bits per heavy atom. The Labute approximate surface area is 99.1 Å². The SMILES string of the molecule is CCOC(=O)c1cccnc1-n1ccnc1C. The molecule has 0 bridgehead atoms. The third-order valence-electron chi connectivity index (χ3n) is 2.34. The molecule has 2 heterocycles. The molecule has 0 N–H and O–H groups in total. The van der Waals surface area contributed by atoms with Gasteiger partial charge in [0, 0.05) is 18.6 Å². The number of ether oxygens (including phenoxy) is 1. The highest BCUT2D eigenvalue weighted by atomic mass is 16.5. The molecule has 2 aromatic heterocycles. The number of carbonyl (C=O) groups is 1. The largest absolute Gasteiger partial charge is 0.462 e. The molecule has 0 aliphatic rings. The smallest absolute Gasteiger partial charge is 0.341 e. The van der Waals surface area contributed by atoms with E-state index in [1.807, 2.05) is 6.92 Å². The van der Waals surface area contributed by atoms with Crippen LogP contribution in [-0.2, 0) is 4.74 Å². The van der Waals surface area contributed by atoms with Gasteiger partial charge in [0.2, 0.25) is 0 Å². The van der Waals surface area contributed by atoms with Crippen molar-refractivity contribution in [3.05, 3.63) is 42.1 Å². The van der Waals surface area contributed by atoms with E-state index < -0.39 is 0 Å². The third-order valence-corrected chi connectivity index (χ3v) is 2.34. The Hall–Kier alpha value is -2.17. The fraction of sp³-hybridized carbons (Fsp3) is 0.250. The van der Waals surface area contributed by atoms with E-state index in [2.05, 4.69) is 9.97 Å². The summed E-state index contributed by atoms with van der Waals surface area (Å²) in [5.41, 5.74) is 0.440. The lowest BCUT2D eigenvalue weighted by molar-refractivity contribution is 0.0526. The maximum Gasteiger partial charge on any atom is 0.341 e. The Morgan fingerprint density at radius 3 is 2.88 bits per heavy atom. The van der Waals surface area contributed by atoms with Crippen LogP contribution in [0.2, 0.25) is 0 Å². The van der Waals surface area contributed by atoms with E-state index in [0.717, 1.165) is 5.82 Å². The molecule has 0 saturated carbocycles. The van der Waals surface area contributed by atoms with Crippen molar-refractivity contribution in [1.29, 1.82) is 0 Å². The van der Waals surface area contributed by atoms with Gasteiger partial charge in [0.1, 0.15) is 11.4 Å². The van der Waals surface area contributed by atoms with Crippen LogP contribution in [0.15, 0.2) is 30.7 Å². The van der Waals surface area contributed by atoms with Crippen LogP contribution in [0.1, 0.15) is 23.1 Å². The van der Waals surface area contributed by atoms with E-state index >= 15 is 0 Å². The number of rotatable bonds is 3. The molecule has 0 aliphatic heterocycles. The van der Waals surface area contributed by atoms with Crippen LogP contribution < -0.4 is 0 Å². The minimum atomic E-state index is -0.372. The van der Waals surface area contributed by atoms with Gasteiger partial charge in [-0.3, -0.25) is 4.57 Å². The highest BCUT2D eigenvalue weighted by molar-refractivity contribution is 5.92. The van der Waals surface area contributed by atoms with Gasteiger partial charge in [-0.2, -0.15) is 0 Å². The molecule has 88 valence electrons. The first-order valence-corrected chi connectivity index (χ1v) is 5.36. The van der Waals surface area contributed by atoms with Crippen molar-refractivity contribution in [3.63, 3.8) is 0 Å². The molecule has 2 aromatic rings. The van der Waals surface area contributed by atoms with Gasteiger partial charge in [0.15, 0.2) is 5.82 Å². The summed E-state index contributed by atoms with van der Waals surface area (Å²) in [6.07, 6.45) is 5.07. The number of esters is 1. The minimum absolute atomic E-state index is 0.343. The van der Waals surface area contributed by atoms with E-state index in [1.165, 1.54) is 0 Å². The Bertz CT molecular complexity index is 534. The molecule has 0 aromatic carbocycles. The Balaban J connectivity index is 2.48. The maximum atomic E-state index is 11.8. The number of imidazole rings is 1. The molecular formula is C12H13N3O2. The van der Waals surface area contributed by atoms with Gasteiger partial charge in [0.05, 0.1) is 6.61 Å². The lowest BCUT2D eigenvalue weighted by Gasteiger charge is -2.09. The summed E-state index contributed by atoms with van der Waals surface area (Å²) < 4.78 is 6.75. The molecule has 0 saturated heterocycles. The van der Waals surface area contributed by atoms with Crippen molar-refractivity contribution in [1.82, 2.24) is 14.5 Å². The molecule has 5 nitrogen and oxygen atoms in total. The number of nitrogens with zero attached hydrogens (tertiary/aromatic N) is 3. The van der Waals surface area contributed by atoms with Crippen LogP contribution >= 0.6 is 0 Å². The summed E-state index contributed by atoms with van der Waals surface area (Å²) in [6.45, 7) is 3.97. The molecule has 0 fully saturated rings. The van der Waals surface area contributed by atoms with Crippen molar-refractivity contribution >= 4 is 5.97 Å². The van der Waals surface area contributed by atoms with Crippen LogP contribution in [0.3, 0.4) is 0 Å². The predicted molar refractivity (Wildman–Crippen MR) is 62.1 cm³/mol. The first-order chi connectivity index (χ1) is 8.24. The molecule has 0 amide bonds. The Morgan fingerprint density at radius 1 is 1.41 bits per heavy atom. The van der Waals surface area contributed by atoms with Gasteiger partial charge in [-0.1, -0.05) is 0 Å². The van der Waals surface area contributed by atoms with Crippen LogP contribution in [0.5, 0.6) is 0 Å². The van der Waals surface area contributed by atoms with Gasteiger partial charge in [0.25, 0.3) is 0 Å². The number of aromatic nitrogens is 3. The average molecular weight is 231 g/mol. The van der Waals surface area contributed by atoms with Gasteiger partial charge in [-0.15, -0.1) is 0 Å². The first kappa shape index (κ1) is 11.3. The molecule has 0 radical (unpaired) electrons. The highest BCUT2D eigenvalue weighted by Gasteiger charge is 2.15. The van der Waals surface area contributed by atoms with Crippen LogP contribution in [0.25, 0.3) is 5.82 Å². The van der Waals surface area contributed by atoms with E-state index in [9.17, 15) is 4.79 Å². The standard InChI is InChI=1S/C12H13N3O2/c1-3-17-12(16)10-5-4-6-14-11(10)15-8-7-13-9(15)2/h4-8H,3H2,1-2H3. The second-order valence-corrected chi connectivity index (χ2v) is 3.44. The quantitative estimate of drug-likeness (QED) is 0.755. The number of pyridine rings is 1. The summed E-state index contributed by atoms with van der Waals surface area (Å²) >= 11 is 0. The first-order valence-electron chi connectivity index (χ1n) is 5.36. The fourth-order valence-electron chi connectivity index (χ4n) is 1.56. The molecule has 0 spiro atoms. The van der Waals surface area contributed by atoms with Crippen molar-refractivity contribution in [2.24, 2.45) is 0 Å². The van der Waals surface area contributed by atoms with Crippen molar-refractivity contribution in [2.45, 2.75) is 13.8 Å². The van der Waals surface area contributed by atoms with Gasteiger partial charge in [-0.05, 0) is 26.0 Å². The van der Waals surface area contributed by atoms with Gasteiger partial charge in [-0.25, -0.2) is 14.8 Å². The third kappa shape index (κ3) is 2.18. The van der Waals surface area contributed by atoms with Crippen molar-refractivity contribution in [2.75, 3.05) is 6.61 Å². The molecule has 0 atom stereocenters. The fourth-order valence-corrected chi connectivity index (χ4v) is 1.56. The van der Waals surface area contributed by atoms with E-state index in [-0.39, 0.29) is 5.97 Å². The second-order valence-electron chi connectivity index (χ2n) is 3.44. The normalized spacial score (nSPS) is 10.2. The second kappa shape index (κ2) is 4.78. The summed E-state index contributed by atoms with van der Waals surface area (Å²) in [4.78, 5) is 20.1. The lowest BCUT2D eigenvalue weighted by Crippen LogP contribution is -2.11. The molecule has 0 aliphatic carbocycles. The van der Waals surface area contributed by atoms with Crippen molar-refractivity contribution in [3.8, 4) is 5.82 Å². The van der Waals surface area contributed by atoms with Crippen molar-refractivity contribution < 1.29 is 9.53 Å². The minimum Gasteiger partial charge on any atom is -0.462 e. The predicted octanol–water partition coefficient (Wildman–Crippen LogP) is 1.75. The lowest BCUT2D eigenvalue weighted by atomic mass is 10.2. The zero-order valence-corrected chi connectivity index (χ0v) is 9.75. The van der Waals surface area contributed by atoms with Gasteiger partial charge >= 0.3 is 5.97 Å². The summed E-state index contributed by atoms with van der Waals surface area (Å²) in [7, 11) is 0. The summed E-state index contributed by atoms with van der Waals surface area (Å²) in [5.74, 6) is 0.943. The maximum absolute atomic E-state index is 11.8. The Kier molecular flexibility index (Phi) is 3.18. The van der Waals surface area contributed by atoms with Crippen LogP contribution in [0.4, 0.5) is 0 Å². The number of hydrogen-bond acceptors (Lipinski definition) is 4. The van der Waals surface area contributed by atoms with Crippen LogP contribution in [-0.4, -0.2) is 27.1 Å². The number of hydrogen-bond donors (Lipinski definition) is 0. The topological polar surface area (TPSA) is 57.0 Å². The monoisotopic (exact) mass is 231 g/mol. The van der Waals surface area contributed by atoms with Crippen LogP contribution in [0, 0.1) is 6.92 Å².